The quantitative estimate of drug-likeness (QED) is 0.525. The Hall–Kier alpha value is -0.660. The van der Waals surface area contributed by atoms with Gasteiger partial charge in [-0.1, -0.05) is 0 Å². The van der Waals surface area contributed by atoms with Gasteiger partial charge in [0.05, 0.1) is 0 Å². The number of hydrogen-bond acceptors (Lipinski definition) is 0. The number of alkyl halides is 1. The SMILES string of the molecule is CC(C)=C(F)C=CC(C)F. The minimum atomic E-state index is -1.08. The maximum atomic E-state index is 12.5. The highest BCUT2D eigenvalue weighted by atomic mass is 19.1. The Bertz CT molecular complexity index is 151. The van der Waals surface area contributed by atoms with Gasteiger partial charge in [-0.3, -0.25) is 0 Å². The number of halogens is 2. The molecule has 0 aromatic rings. The molecule has 0 saturated heterocycles. The molecule has 0 radical (unpaired) electrons. The van der Waals surface area contributed by atoms with Crippen LogP contribution < -0.4 is 0 Å². The monoisotopic (exact) mass is 146 g/mol. The van der Waals surface area contributed by atoms with E-state index in [1.165, 1.54) is 13.0 Å². The highest BCUT2D eigenvalue weighted by Crippen LogP contribution is 2.06. The van der Waals surface area contributed by atoms with Crippen LogP contribution in [0.3, 0.4) is 0 Å². The molecular formula is C8H12F2. The molecule has 0 heterocycles. The fourth-order valence-electron chi connectivity index (χ4n) is 0.384. The van der Waals surface area contributed by atoms with Crippen LogP contribution in [0.25, 0.3) is 0 Å². The van der Waals surface area contributed by atoms with E-state index in [1.54, 1.807) is 13.8 Å². The van der Waals surface area contributed by atoms with Gasteiger partial charge in [-0.25, -0.2) is 8.78 Å². The van der Waals surface area contributed by atoms with Crippen molar-refractivity contribution >= 4 is 0 Å². The largest absolute Gasteiger partial charge is 0.243 e. The van der Waals surface area contributed by atoms with E-state index < -0.39 is 6.17 Å². The lowest BCUT2D eigenvalue weighted by atomic mass is 10.2. The molecule has 0 bridgehead atoms. The average Bonchev–Trinajstić information content (AvgIpc) is 1.82. The van der Waals surface area contributed by atoms with Crippen LogP contribution in [-0.2, 0) is 0 Å². The standard InChI is InChI=1S/C8H12F2/c1-6(2)8(10)5-4-7(3)9/h4-5,7H,1-3H3. The molecule has 0 nitrogen and oxygen atoms in total. The smallest absolute Gasteiger partial charge is 0.121 e. The first kappa shape index (κ1) is 9.34. The second-order valence-corrected chi connectivity index (χ2v) is 2.38. The zero-order valence-corrected chi connectivity index (χ0v) is 6.49. The van der Waals surface area contributed by atoms with Gasteiger partial charge in [-0.15, -0.1) is 0 Å². The molecule has 0 rings (SSSR count). The molecule has 1 atom stereocenters. The van der Waals surface area contributed by atoms with Crippen LogP contribution >= 0.6 is 0 Å². The third-order valence-corrected chi connectivity index (χ3v) is 0.985. The second-order valence-electron chi connectivity index (χ2n) is 2.38. The first-order valence-electron chi connectivity index (χ1n) is 3.19. The van der Waals surface area contributed by atoms with E-state index in [9.17, 15) is 8.78 Å². The van der Waals surface area contributed by atoms with Crippen LogP contribution in [0.4, 0.5) is 8.78 Å². The lowest BCUT2D eigenvalue weighted by Crippen LogP contribution is -1.83. The lowest BCUT2D eigenvalue weighted by Gasteiger charge is -1.91. The zero-order valence-electron chi connectivity index (χ0n) is 6.49. The minimum absolute atomic E-state index is 0.357. The maximum Gasteiger partial charge on any atom is 0.121 e. The molecule has 58 valence electrons. The van der Waals surface area contributed by atoms with Gasteiger partial charge >= 0.3 is 0 Å². The van der Waals surface area contributed by atoms with Gasteiger partial charge in [0, 0.05) is 0 Å². The van der Waals surface area contributed by atoms with E-state index >= 15 is 0 Å². The number of allylic oxidation sites excluding steroid dienone is 4. The maximum absolute atomic E-state index is 12.5. The van der Waals surface area contributed by atoms with Gasteiger partial charge in [0.25, 0.3) is 0 Å². The Kier molecular flexibility index (Phi) is 3.93. The minimum Gasteiger partial charge on any atom is -0.243 e. The van der Waals surface area contributed by atoms with Crippen molar-refractivity contribution in [2.24, 2.45) is 0 Å². The molecule has 0 amide bonds. The Morgan fingerprint density at radius 3 is 2.20 bits per heavy atom. The molecule has 10 heavy (non-hydrogen) atoms. The third-order valence-electron chi connectivity index (χ3n) is 0.985. The summed E-state index contributed by atoms with van der Waals surface area (Å²) in [7, 11) is 0. The van der Waals surface area contributed by atoms with Gasteiger partial charge in [0.1, 0.15) is 12.0 Å². The molecule has 0 saturated carbocycles. The van der Waals surface area contributed by atoms with E-state index in [1.807, 2.05) is 0 Å². The van der Waals surface area contributed by atoms with Gasteiger partial charge in [-0.05, 0) is 38.5 Å². The summed E-state index contributed by atoms with van der Waals surface area (Å²) in [4.78, 5) is 0. The van der Waals surface area contributed by atoms with E-state index in [-0.39, 0.29) is 5.83 Å². The van der Waals surface area contributed by atoms with Crippen LogP contribution in [0, 0.1) is 0 Å². The topological polar surface area (TPSA) is 0 Å². The molecule has 2 heteroatoms. The highest BCUT2D eigenvalue weighted by Gasteiger charge is 1.92. The van der Waals surface area contributed by atoms with Crippen molar-refractivity contribution in [2.75, 3.05) is 0 Å². The summed E-state index contributed by atoms with van der Waals surface area (Å²) in [6, 6.07) is 0. The molecule has 0 aliphatic heterocycles. The average molecular weight is 146 g/mol. The highest BCUT2D eigenvalue weighted by molar-refractivity contribution is 5.16. The van der Waals surface area contributed by atoms with Crippen LogP contribution in [0.1, 0.15) is 20.8 Å². The van der Waals surface area contributed by atoms with Crippen molar-refractivity contribution in [3.8, 4) is 0 Å². The Morgan fingerprint density at radius 1 is 1.40 bits per heavy atom. The van der Waals surface area contributed by atoms with Crippen molar-refractivity contribution in [3.05, 3.63) is 23.6 Å². The molecule has 0 aliphatic rings. The summed E-state index contributed by atoms with van der Waals surface area (Å²) in [6.07, 6.45) is 1.26. The first-order valence-corrected chi connectivity index (χ1v) is 3.19. The van der Waals surface area contributed by atoms with Crippen molar-refractivity contribution in [2.45, 2.75) is 26.9 Å². The molecule has 0 fully saturated rings. The molecule has 0 aliphatic carbocycles. The first-order chi connectivity index (χ1) is 4.54. The molecule has 0 aromatic heterocycles. The number of rotatable bonds is 2. The molecular weight excluding hydrogens is 134 g/mol. The lowest BCUT2D eigenvalue weighted by molar-refractivity contribution is 0.429. The Morgan fingerprint density at radius 2 is 1.90 bits per heavy atom. The molecule has 0 N–H and O–H groups in total. The third kappa shape index (κ3) is 4.24. The summed E-state index contributed by atoms with van der Waals surface area (Å²) in [6.45, 7) is 4.64. The van der Waals surface area contributed by atoms with Crippen LogP contribution in [0.2, 0.25) is 0 Å². The van der Waals surface area contributed by atoms with E-state index in [0.717, 1.165) is 6.08 Å². The van der Waals surface area contributed by atoms with Crippen molar-refractivity contribution in [3.63, 3.8) is 0 Å². The number of hydrogen-bond donors (Lipinski definition) is 0. The summed E-state index contributed by atoms with van der Waals surface area (Å²) in [5, 5.41) is 0. The van der Waals surface area contributed by atoms with Crippen molar-refractivity contribution in [1.82, 2.24) is 0 Å². The Balaban J connectivity index is 4.03. The summed E-state index contributed by atoms with van der Waals surface area (Å²) >= 11 is 0. The summed E-state index contributed by atoms with van der Waals surface area (Å²) in [5.74, 6) is -0.357. The van der Waals surface area contributed by atoms with Gasteiger partial charge < -0.3 is 0 Å². The molecule has 1 unspecified atom stereocenters. The van der Waals surface area contributed by atoms with Crippen LogP contribution in [-0.4, -0.2) is 6.17 Å². The zero-order chi connectivity index (χ0) is 8.15. The van der Waals surface area contributed by atoms with Crippen molar-refractivity contribution < 1.29 is 8.78 Å². The summed E-state index contributed by atoms with van der Waals surface area (Å²) in [5.41, 5.74) is 0.567. The van der Waals surface area contributed by atoms with Crippen LogP contribution in [0.5, 0.6) is 0 Å². The fourth-order valence-corrected chi connectivity index (χ4v) is 0.384. The van der Waals surface area contributed by atoms with Crippen LogP contribution in [0.15, 0.2) is 23.6 Å². The fraction of sp³-hybridized carbons (Fsp3) is 0.500. The molecule has 0 spiro atoms. The van der Waals surface area contributed by atoms with Gasteiger partial charge in [0.15, 0.2) is 0 Å². The van der Waals surface area contributed by atoms with Gasteiger partial charge in [-0.2, -0.15) is 0 Å². The summed E-state index contributed by atoms with van der Waals surface area (Å²) < 4.78 is 24.6. The second kappa shape index (κ2) is 4.20. The van der Waals surface area contributed by atoms with E-state index in [2.05, 4.69) is 0 Å². The molecule has 0 aromatic carbocycles. The predicted molar refractivity (Wildman–Crippen MR) is 39.2 cm³/mol. The van der Waals surface area contributed by atoms with E-state index in [0.29, 0.717) is 5.57 Å². The normalized spacial score (nSPS) is 13.7. The van der Waals surface area contributed by atoms with E-state index in [4.69, 9.17) is 0 Å². The van der Waals surface area contributed by atoms with Gasteiger partial charge in [0.2, 0.25) is 0 Å². The predicted octanol–water partition coefficient (Wildman–Crippen LogP) is 3.16. The van der Waals surface area contributed by atoms with Crippen molar-refractivity contribution in [1.29, 1.82) is 0 Å². The Labute approximate surface area is 60.2 Å².